The van der Waals surface area contributed by atoms with Crippen LogP contribution in [0.25, 0.3) is 17.0 Å². The highest BCUT2D eigenvalue weighted by atomic mass is 32.2. The molecule has 2 aromatic carbocycles. The number of ether oxygens (including phenoxy) is 1. The first-order valence-corrected chi connectivity index (χ1v) is 9.61. The van der Waals surface area contributed by atoms with Crippen LogP contribution in [0.4, 0.5) is 0 Å². The quantitative estimate of drug-likeness (QED) is 0.478. The molecule has 2 heterocycles. The SMILES string of the molecule is COc1cccc2ccc(/C=C3\SC(=S)N(Cc4ccccc4)C3=O)nc12. The number of pyridine rings is 1. The number of para-hydroxylation sites is 1. The maximum Gasteiger partial charge on any atom is 0.266 e. The Bertz CT molecular complexity index is 1060. The number of thioether (sulfide) groups is 1. The van der Waals surface area contributed by atoms with Gasteiger partial charge in [-0.05, 0) is 23.8 Å². The van der Waals surface area contributed by atoms with Crippen molar-refractivity contribution in [3.63, 3.8) is 0 Å². The molecular formula is C21H16N2O2S2. The van der Waals surface area contributed by atoms with Gasteiger partial charge in [0.1, 0.15) is 15.6 Å². The Morgan fingerprint density at radius 1 is 1.11 bits per heavy atom. The normalized spacial score (nSPS) is 15.7. The number of methoxy groups -OCH3 is 1. The van der Waals surface area contributed by atoms with Gasteiger partial charge < -0.3 is 4.74 Å². The Balaban J connectivity index is 1.63. The Morgan fingerprint density at radius 2 is 1.93 bits per heavy atom. The van der Waals surface area contributed by atoms with Crippen LogP contribution in [0.2, 0.25) is 0 Å². The average Bonchev–Trinajstić information content (AvgIpc) is 2.95. The van der Waals surface area contributed by atoms with Crippen molar-refractivity contribution < 1.29 is 9.53 Å². The van der Waals surface area contributed by atoms with E-state index in [0.29, 0.717) is 27.2 Å². The minimum Gasteiger partial charge on any atom is -0.494 e. The van der Waals surface area contributed by atoms with E-state index in [9.17, 15) is 4.79 Å². The second-order valence-electron chi connectivity index (χ2n) is 6.02. The van der Waals surface area contributed by atoms with Crippen molar-refractivity contribution in [1.82, 2.24) is 9.88 Å². The van der Waals surface area contributed by atoms with Crippen molar-refractivity contribution in [2.75, 3.05) is 7.11 Å². The smallest absolute Gasteiger partial charge is 0.266 e. The molecule has 1 amide bonds. The third-order valence-corrected chi connectivity index (χ3v) is 5.64. The van der Waals surface area contributed by atoms with E-state index >= 15 is 0 Å². The van der Waals surface area contributed by atoms with Crippen LogP contribution in [0.1, 0.15) is 11.3 Å². The van der Waals surface area contributed by atoms with Crippen LogP contribution in [-0.4, -0.2) is 27.2 Å². The lowest BCUT2D eigenvalue weighted by atomic mass is 10.2. The number of carbonyl (C=O) groups excluding carboxylic acids is 1. The van der Waals surface area contributed by atoms with E-state index in [1.54, 1.807) is 18.1 Å². The number of carbonyl (C=O) groups is 1. The third-order valence-electron chi connectivity index (χ3n) is 4.26. The molecule has 1 aliphatic heterocycles. The summed E-state index contributed by atoms with van der Waals surface area (Å²) in [5.41, 5.74) is 2.52. The number of aromatic nitrogens is 1. The Hall–Kier alpha value is -2.70. The number of nitrogens with zero attached hydrogens (tertiary/aromatic N) is 2. The van der Waals surface area contributed by atoms with Crippen LogP contribution in [0.3, 0.4) is 0 Å². The highest BCUT2D eigenvalue weighted by Gasteiger charge is 2.32. The highest BCUT2D eigenvalue weighted by molar-refractivity contribution is 8.26. The fraction of sp³-hybridized carbons (Fsp3) is 0.0952. The van der Waals surface area contributed by atoms with E-state index in [0.717, 1.165) is 16.5 Å². The van der Waals surface area contributed by atoms with Crippen molar-refractivity contribution in [2.24, 2.45) is 0 Å². The molecule has 1 aliphatic rings. The van der Waals surface area contributed by atoms with Crippen LogP contribution in [0.15, 0.2) is 65.6 Å². The first kappa shape index (κ1) is 17.7. The molecule has 1 fully saturated rings. The zero-order chi connectivity index (χ0) is 18.8. The molecular weight excluding hydrogens is 376 g/mol. The van der Waals surface area contributed by atoms with Gasteiger partial charge in [-0.25, -0.2) is 4.98 Å². The standard InChI is InChI=1S/C21H16N2O2S2/c1-25-17-9-5-8-15-10-11-16(22-19(15)17)12-18-20(24)23(21(26)27-18)13-14-6-3-2-4-7-14/h2-12H,13H2,1H3/b18-12-. The molecule has 0 N–H and O–H groups in total. The van der Waals surface area contributed by atoms with Gasteiger partial charge in [0.25, 0.3) is 5.91 Å². The molecule has 0 saturated carbocycles. The van der Waals surface area contributed by atoms with Crippen LogP contribution >= 0.6 is 24.0 Å². The monoisotopic (exact) mass is 392 g/mol. The minimum absolute atomic E-state index is 0.0872. The molecule has 0 spiro atoms. The van der Waals surface area contributed by atoms with Gasteiger partial charge in [0.2, 0.25) is 0 Å². The molecule has 1 saturated heterocycles. The molecule has 1 aromatic heterocycles. The van der Waals surface area contributed by atoms with E-state index < -0.39 is 0 Å². The minimum atomic E-state index is -0.0872. The Kier molecular flexibility index (Phi) is 4.92. The van der Waals surface area contributed by atoms with Gasteiger partial charge in [-0.3, -0.25) is 9.69 Å². The number of hydrogen-bond donors (Lipinski definition) is 0. The molecule has 4 rings (SSSR count). The van der Waals surface area contributed by atoms with Crippen molar-refractivity contribution >= 4 is 51.2 Å². The largest absolute Gasteiger partial charge is 0.494 e. The lowest BCUT2D eigenvalue weighted by Gasteiger charge is -2.14. The average molecular weight is 393 g/mol. The maximum atomic E-state index is 12.8. The van der Waals surface area contributed by atoms with Gasteiger partial charge in [-0.1, -0.05) is 72.5 Å². The van der Waals surface area contributed by atoms with Crippen molar-refractivity contribution in [2.45, 2.75) is 6.54 Å². The topological polar surface area (TPSA) is 42.4 Å². The fourth-order valence-corrected chi connectivity index (χ4v) is 4.16. The van der Waals surface area contributed by atoms with Crippen LogP contribution in [0.5, 0.6) is 5.75 Å². The van der Waals surface area contributed by atoms with E-state index in [4.69, 9.17) is 17.0 Å². The summed E-state index contributed by atoms with van der Waals surface area (Å²) in [6, 6.07) is 19.5. The second-order valence-corrected chi connectivity index (χ2v) is 7.70. The number of rotatable bonds is 4. The summed E-state index contributed by atoms with van der Waals surface area (Å²) < 4.78 is 5.95. The third kappa shape index (κ3) is 3.59. The van der Waals surface area contributed by atoms with Gasteiger partial charge in [0.05, 0.1) is 24.3 Å². The van der Waals surface area contributed by atoms with Crippen molar-refractivity contribution in [3.8, 4) is 5.75 Å². The summed E-state index contributed by atoms with van der Waals surface area (Å²) in [4.78, 5) is 19.7. The Labute approximate surface area is 166 Å². The Morgan fingerprint density at radius 3 is 2.70 bits per heavy atom. The lowest BCUT2D eigenvalue weighted by Crippen LogP contribution is -2.27. The molecule has 4 nitrogen and oxygen atoms in total. The van der Waals surface area contributed by atoms with Crippen molar-refractivity contribution in [1.29, 1.82) is 0 Å². The summed E-state index contributed by atoms with van der Waals surface area (Å²) >= 11 is 6.72. The van der Waals surface area contributed by atoms with Crippen LogP contribution in [0, 0.1) is 0 Å². The van der Waals surface area contributed by atoms with Crippen LogP contribution in [-0.2, 0) is 11.3 Å². The highest BCUT2D eigenvalue weighted by Crippen LogP contribution is 2.34. The summed E-state index contributed by atoms with van der Waals surface area (Å²) in [7, 11) is 1.62. The maximum absolute atomic E-state index is 12.8. The van der Waals surface area contributed by atoms with E-state index in [1.807, 2.05) is 60.7 Å². The molecule has 0 radical (unpaired) electrons. The molecule has 0 aliphatic carbocycles. The van der Waals surface area contributed by atoms with Crippen LogP contribution < -0.4 is 4.74 Å². The molecule has 134 valence electrons. The van der Waals surface area contributed by atoms with E-state index in [-0.39, 0.29) is 5.91 Å². The number of thiocarbonyl (C=S) groups is 1. The number of hydrogen-bond acceptors (Lipinski definition) is 5. The summed E-state index contributed by atoms with van der Waals surface area (Å²) in [6.45, 7) is 0.474. The molecule has 0 atom stereocenters. The number of amides is 1. The predicted molar refractivity (Wildman–Crippen MR) is 113 cm³/mol. The van der Waals surface area contributed by atoms with Gasteiger partial charge >= 0.3 is 0 Å². The second kappa shape index (κ2) is 7.50. The predicted octanol–water partition coefficient (Wildman–Crippen LogP) is 4.64. The number of fused-ring (bicyclic) bond motifs is 1. The van der Waals surface area contributed by atoms with Gasteiger partial charge in [-0.2, -0.15) is 0 Å². The molecule has 3 aromatic rings. The van der Waals surface area contributed by atoms with Gasteiger partial charge in [0, 0.05) is 5.39 Å². The molecule has 0 unspecified atom stereocenters. The summed E-state index contributed by atoms with van der Waals surface area (Å²) in [5.74, 6) is 0.621. The van der Waals surface area contributed by atoms with E-state index in [2.05, 4.69) is 4.98 Å². The van der Waals surface area contributed by atoms with Crippen molar-refractivity contribution in [3.05, 3.63) is 76.8 Å². The first-order chi connectivity index (χ1) is 13.2. The number of benzene rings is 2. The summed E-state index contributed by atoms with van der Waals surface area (Å²) in [6.07, 6.45) is 1.79. The zero-order valence-electron chi connectivity index (χ0n) is 14.6. The lowest BCUT2D eigenvalue weighted by molar-refractivity contribution is -0.122. The fourth-order valence-electron chi connectivity index (χ4n) is 2.92. The van der Waals surface area contributed by atoms with Gasteiger partial charge in [0.15, 0.2) is 0 Å². The molecule has 27 heavy (non-hydrogen) atoms. The first-order valence-electron chi connectivity index (χ1n) is 8.39. The van der Waals surface area contributed by atoms with E-state index in [1.165, 1.54) is 11.8 Å². The summed E-state index contributed by atoms with van der Waals surface area (Å²) in [5, 5.41) is 0.989. The zero-order valence-corrected chi connectivity index (χ0v) is 16.2. The molecule has 6 heteroatoms. The molecule has 0 bridgehead atoms. The van der Waals surface area contributed by atoms with Gasteiger partial charge in [-0.15, -0.1) is 0 Å².